The third-order valence-electron chi connectivity index (χ3n) is 3.88. The van der Waals surface area contributed by atoms with Gasteiger partial charge in [-0.25, -0.2) is 0 Å². The van der Waals surface area contributed by atoms with E-state index in [-0.39, 0.29) is 24.4 Å². The molecule has 0 saturated carbocycles. The zero-order valence-corrected chi connectivity index (χ0v) is 16.3. The third kappa shape index (κ3) is 4.47. The molecule has 0 bridgehead atoms. The maximum atomic E-state index is 12.2. The summed E-state index contributed by atoms with van der Waals surface area (Å²) in [5.74, 6) is 1.34. The van der Waals surface area contributed by atoms with Crippen molar-refractivity contribution >= 4 is 46.3 Å². The van der Waals surface area contributed by atoms with E-state index in [4.69, 9.17) is 9.47 Å². The molecule has 0 atom stereocenters. The van der Waals surface area contributed by atoms with Gasteiger partial charge < -0.3 is 20.1 Å². The molecular formula is C20H16N2O4S2. The van der Waals surface area contributed by atoms with Gasteiger partial charge >= 0.3 is 0 Å². The van der Waals surface area contributed by atoms with Crippen molar-refractivity contribution in [3.63, 3.8) is 0 Å². The number of rotatable bonds is 6. The summed E-state index contributed by atoms with van der Waals surface area (Å²) >= 11 is 2.82. The number of carbonyl (C=O) groups is 2. The fourth-order valence-electron chi connectivity index (χ4n) is 2.56. The van der Waals surface area contributed by atoms with Gasteiger partial charge in [0.2, 0.25) is 12.7 Å². The van der Waals surface area contributed by atoms with Crippen molar-refractivity contribution in [3.05, 3.63) is 64.9 Å². The maximum Gasteiger partial charge on any atom is 0.265 e. The lowest BCUT2D eigenvalue weighted by Crippen LogP contribution is -2.13. The molecule has 0 unspecified atom stereocenters. The second kappa shape index (κ2) is 8.37. The fraction of sp³-hybridized carbons (Fsp3) is 0.100. The first kappa shape index (κ1) is 18.4. The number of fused-ring (bicyclic) bond motifs is 1. The molecule has 0 radical (unpaired) electrons. The molecule has 0 spiro atoms. The molecular weight excluding hydrogens is 396 g/mol. The maximum absolute atomic E-state index is 12.2. The van der Waals surface area contributed by atoms with Crippen molar-refractivity contribution in [2.75, 3.05) is 23.2 Å². The monoisotopic (exact) mass is 412 g/mol. The van der Waals surface area contributed by atoms with Crippen LogP contribution in [0.1, 0.15) is 9.67 Å². The molecule has 0 saturated heterocycles. The quantitative estimate of drug-likeness (QED) is 0.585. The van der Waals surface area contributed by atoms with Crippen LogP contribution in [0, 0.1) is 0 Å². The zero-order chi connectivity index (χ0) is 19.3. The minimum absolute atomic E-state index is 0.112. The first-order valence-electron chi connectivity index (χ1n) is 8.44. The van der Waals surface area contributed by atoms with Crippen LogP contribution in [0.3, 0.4) is 0 Å². The topological polar surface area (TPSA) is 76.7 Å². The Kier molecular flexibility index (Phi) is 5.50. The molecule has 28 heavy (non-hydrogen) atoms. The molecule has 0 fully saturated rings. The molecule has 1 aliphatic rings. The third-order valence-corrected chi connectivity index (χ3v) is 5.76. The average Bonchev–Trinajstić information content (AvgIpc) is 3.39. The highest BCUT2D eigenvalue weighted by Gasteiger charge is 2.14. The van der Waals surface area contributed by atoms with E-state index in [1.807, 2.05) is 35.7 Å². The molecule has 1 aromatic heterocycles. The molecule has 0 aliphatic carbocycles. The predicted molar refractivity (Wildman–Crippen MR) is 111 cm³/mol. The Balaban J connectivity index is 1.27. The van der Waals surface area contributed by atoms with Gasteiger partial charge in [-0.3, -0.25) is 9.59 Å². The highest BCUT2D eigenvalue weighted by molar-refractivity contribution is 8.00. The van der Waals surface area contributed by atoms with Gasteiger partial charge in [-0.15, -0.1) is 23.1 Å². The summed E-state index contributed by atoms with van der Waals surface area (Å²) in [5, 5.41) is 7.56. The summed E-state index contributed by atoms with van der Waals surface area (Å²) in [4.78, 5) is 25.8. The lowest BCUT2D eigenvalue weighted by molar-refractivity contribution is -0.113. The Morgan fingerprint density at radius 2 is 1.75 bits per heavy atom. The Morgan fingerprint density at radius 3 is 2.54 bits per heavy atom. The molecule has 2 amide bonds. The zero-order valence-electron chi connectivity index (χ0n) is 14.6. The van der Waals surface area contributed by atoms with E-state index >= 15 is 0 Å². The van der Waals surface area contributed by atoms with Crippen LogP contribution >= 0.6 is 23.1 Å². The molecule has 142 valence electrons. The van der Waals surface area contributed by atoms with Gasteiger partial charge in [0.1, 0.15) is 0 Å². The van der Waals surface area contributed by atoms with Gasteiger partial charge in [-0.1, -0.05) is 6.07 Å². The lowest BCUT2D eigenvalue weighted by atomic mass is 10.3. The minimum Gasteiger partial charge on any atom is -0.454 e. The number of benzene rings is 2. The highest BCUT2D eigenvalue weighted by Crippen LogP contribution is 2.34. The molecule has 2 N–H and O–H groups in total. The molecule has 4 rings (SSSR count). The smallest absolute Gasteiger partial charge is 0.265 e. The van der Waals surface area contributed by atoms with Crippen LogP contribution in [0.5, 0.6) is 11.5 Å². The van der Waals surface area contributed by atoms with Gasteiger partial charge in [0.15, 0.2) is 11.5 Å². The average molecular weight is 412 g/mol. The summed E-state index contributed by atoms with van der Waals surface area (Å²) in [6.45, 7) is 0.201. The van der Waals surface area contributed by atoms with Gasteiger partial charge in [-0.05, 0) is 47.8 Å². The van der Waals surface area contributed by atoms with Crippen LogP contribution in [0.25, 0.3) is 0 Å². The molecule has 1 aliphatic heterocycles. The van der Waals surface area contributed by atoms with Gasteiger partial charge in [0.25, 0.3) is 5.91 Å². The number of nitrogens with one attached hydrogen (secondary N) is 2. The van der Waals surface area contributed by atoms with Crippen LogP contribution in [-0.2, 0) is 4.79 Å². The Morgan fingerprint density at radius 1 is 0.964 bits per heavy atom. The second-order valence-corrected chi connectivity index (χ2v) is 7.86. The van der Waals surface area contributed by atoms with Crippen LogP contribution < -0.4 is 20.1 Å². The molecule has 2 aromatic carbocycles. The number of amides is 2. The van der Waals surface area contributed by atoms with E-state index in [1.54, 1.807) is 24.3 Å². The van der Waals surface area contributed by atoms with E-state index in [2.05, 4.69) is 10.6 Å². The van der Waals surface area contributed by atoms with Crippen molar-refractivity contribution in [3.8, 4) is 11.5 Å². The molecule has 6 nitrogen and oxygen atoms in total. The number of anilines is 2. The van der Waals surface area contributed by atoms with E-state index < -0.39 is 0 Å². The minimum atomic E-state index is -0.126. The number of hydrogen-bond acceptors (Lipinski definition) is 6. The predicted octanol–water partition coefficient (Wildman–Crippen LogP) is 4.46. The standard InChI is InChI=1S/C20H16N2O4S2/c23-19(21-14-5-8-16-17(10-14)26-12-25-16)11-28-15-6-3-13(4-7-15)22-20(24)18-2-1-9-27-18/h1-10H,11-12H2,(H,21,23)(H,22,24). The van der Waals surface area contributed by atoms with Gasteiger partial charge in [-0.2, -0.15) is 0 Å². The Labute approximate surface area is 169 Å². The lowest BCUT2D eigenvalue weighted by Gasteiger charge is -2.07. The summed E-state index contributed by atoms with van der Waals surface area (Å²) in [6.07, 6.45) is 0. The van der Waals surface area contributed by atoms with Crippen molar-refractivity contribution < 1.29 is 19.1 Å². The van der Waals surface area contributed by atoms with Gasteiger partial charge in [0.05, 0.1) is 10.6 Å². The largest absolute Gasteiger partial charge is 0.454 e. The van der Waals surface area contributed by atoms with E-state index in [0.717, 1.165) is 4.90 Å². The first-order chi connectivity index (χ1) is 13.7. The van der Waals surface area contributed by atoms with Crippen molar-refractivity contribution in [1.29, 1.82) is 0 Å². The summed E-state index contributed by atoms with van der Waals surface area (Å²) < 4.78 is 10.6. The van der Waals surface area contributed by atoms with Crippen molar-refractivity contribution in [2.24, 2.45) is 0 Å². The van der Waals surface area contributed by atoms with E-state index in [9.17, 15) is 9.59 Å². The van der Waals surface area contributed by atoms with E-state index in [0.29, 0.717) is 27.8 Å². The van der Waals surface area contributed by atoms with Crippen molar-refractivity contribution in [1.82, 2.24) is 0 Å². The number of hydrogen-bond donors (Lipinski definition) is 2. The summed E-state index contributed by atoms with van der Waals surface area (Å²) in [5.41, 5.74) is 1.38. The normalized spacial score (nSPS) is 11.9. The Bertz CT molecular complexity index is 988. The van der Waals surface area contributed by atoms with Crippen LogP contribution in [-0.4, -0.2) is 24.4 Å². The Hall–Kier alpha value is -2.97. The summed E-state index contributed by atoms with van der Waals surface area (Å²) in [7, 11) is 0. The highest BCUT2D eigenvalue weighted by atomic mass is 32.2. The second-order valence-electron chi connectivity index (χ2n) is 5.86. The van der Waals surface area contributed by atoms with Crippen molar-refractivity contribution in [2.45, 2.75) is 4.90 Å². The van der Waals surface area contributed by atoms with E-state index in [1.165, 1.54) is 23.1 Å². The van der Waals surface area contributed by atoms with Crippen LogP contribution in [0.2, 0.25) is 0 Å². The van der Waals surface area contributed by atoms with Crippen LogP contribution in [0.4, 0.5) is 11.4 Å². The number of carbonyl (C=O) groups excluding carboxylic acids is 2. The first-order valence-corrected chi connectivity index (χ1v) is 10.3. The molecule has 8 heteroatoms. The fourth-order valence-corrected chi connectivity index (χ4v) is 3.87. The molecule has 3 aromatic rings. The SMILES string of the molecule is O=C(CSc1ccc(NC(=O)c2cccs2)cc1)Nc1ccc2c(c1)OCO2. The number of thioether (sulfide) groups is 1. The summed E-state index contributed by atoms with van der Waals surface area (Å²) in [6, 6.07) is 16.3. The van der Waals surface area contributed by atoms with Crippen LogP contribution in [0.15, 0.2) is 64.9 Å². The molecule has 2 heterocycles. The number of ether oxygens (including phenoxy) is 2. The number of thiophene rings is 1. The van der Waals surface area contributed by atoms with Gasteiger partial charge in [0, 0.05) is 22.3 Å².